The number of nitrogens with zero attached hydrogens (tertiary/aromatic N) is 2. The number of H-pyrrole nitrogens is 1. The summed E-state index contributed by atoms with van der Waals surface area (Å²) in [6.45, 7) is 18.0. The highest BCUT2D eigenvalue weighted by Gasteiger charge is 2.61. The molecule has 0 bridgehead atoms. The van der Waals surface area contributed by atoms with Gasteiger partial charge in [0, 0.05) is 52.0 Å². The van der Waals surface area contributed by atoms with Gasteiger partial charge in [0.15, 0.2) is 24.7 Å². The highest BCUT2D eigenvalue weighted by atomic mass is 28.3. The zero-order chi connectivity index (χ0) is 65.2. The quantitative estimate of drug-likeness (QED) is 0.0150. The van der Waals surface area contributed by atoms with E-state index >= 15 is 4.79 Å². The number of esters is 2. The van der Waals surface area contributed by atoms with E-state index in [1.807, 2.05) is 78.9 Å². The number of carbonyl (C=O) groups excluding carboxylic acids is 4. The Bertz CT molecular complexity index is 2990. The molecule has 4 N–H and O–H groups in total. The molecule has 1 aromatic heterocycles. The summed E-state index contributed by atoms with van der Waals surface area (Å²) in [5, 5.41) is 26.0. The number of unbranched alkanes of at least 4 members (excludes halogenated alkanes) is 8. The third kappa shape index (κ3) is 17.6. The highest BCUT2D eigenvalue weighted by molar-refractivity contribution is 6.84. The SMILES string of the molecule is COc1ccc(C(OC[C@]2(C(O)[Si](C(C)C)(C(C)C)C(C)C)CN(C(=O)CCCCCCCCCCCO[C@@H]3O[C@H]([CH]CC(=O)O)[C@@H](OC(C)=O)[C@H](OC(C)=O)[C@H]3NC(C)=O)C[C@H](n3cc(C)c(=O)[nH]c3=O)O2)(c2ccccc2)c2ccc(OC)cc2)cc1. The van der Waals surface area contributed by atoms with E-state index in [-0.39, 0.29) is 60.8 Å². The minimum Gasteiger partial charge on any atom is -0.497 e. The summed E-state index contributed by atoms with van der Waals surface area (Å²) in [6, 6.07) is 24.1. The van der Waals surface area contributed by atoms with Gasteiger partial charge in [-0.3, -0.25) is 38.3 Å². The van der Waals surface area contributed by atoms with Crippen LogP contribution < -0.4 is 26.0 Å². The largest absolute Gasteiger partial charge is 0.497 e. The van der Waals surface area contributed by atoms with Crippen LogP contribution in [0.3, 0.4) is 0 Å². The molecule has 0 saturated carbocycles. The van der Waals surface area contributed by atoms with Crippen molar-refractivity contribution in [2.75, 3.05) is 40.5 Å². The maximum atomic E-state index is 15.0. The number of aromatic nitrogens is 2. The maximum Gasteiger partial charge on any atom is 0.330 e. The van der Waals surface area contributed by atoms with E-state index in [1.54, 1.807) is 26.0 Å². The Kier molecular flexibility index (Phi) is 26.4. The van der Waals surface area contributed by atoms with Gasteiger partial charge in [0.25, 0.3) is 5.56 Å². The Balaban J connectivity index is 1.20. The Morgan fingerprint density at radius 3 is 1.78 bits per heavy atom. The standard InChI is InChI=1S/C67H95N4O17Si/c1-43(2)89(44(3)4,45(5)6)64(79)66(42-84-67(50-25-21-20-22-26-50,51-28-32-53(81-11)33-29-51)52-30-34-54(82-12)35-31-52)41-70(40-57(88-66)71-39-46(7)62(78)69-65(71)80)56(75)27-23-18-16-14-13-15-17-19-24-38-83-63-59(68-47(8)72)61(86-49(10)74)60(85-48(9)73)55(87-63)36-37-58(76)77/h20-22,25-26,28-36,39,43-45,55,57,59-61,63-64,79H,13-19,23-24,27,37-38,40-42H2,1-12H3,(H,68,72)(H,76,77)(H,69,78,80)/t55-,57-,59-,60-,61-,63-,64?,66+/m1/s1. The smallest absolute Gasteiger partial charge is 0.330 e. The number of amides is 2. The fourth-order valence-corrected chi connectivity index (χ4v) is 20.6. The van der Waals surface area contributed by atoms with Crippen LogP contribution in [0.1, 0.15) is 161 Å². The lowest BCUT2D eigenvalue weighted by molar-refractivity contribution is -0.265. The molecule has 6 rings (SSSR count). The third-order valence-electron chi connectivity index (χ3n) is 17.6. The van der Waals surface area contributed by atoms with Crippen LogP contribution in [0.15, 0.2) is 94.6 Å². The number of hydrogen-bond acceptors (Lipinski definition) is 16. The number of carbonyl (C=O) groups is 5. The van der Waals surface area contributed by atoms with Crippen molar-refractivity contribution in [3.8, 4) is 11.5 Å². The Hall–Kier alpha value is -6.69. The number of morpholine rings is 1. The molecule has 489 valence electrons. The van der Waals surface area contributed by atoms with E-state index in [0.717, 1.165) is 68.6 Å². The van der Waals surface area contributed by atoms with Gasteiger partial charge in [-0.25, -0.2) is 4.79 Å². The third-order valence-corrected chi connectivity index (χ3v) is 25.1. The number of hydrogen-bond donors (Lipinski definition) is 4. The van der Waals surface area contributed by atoms with Gasteiger partial charge >= 0.3 is 23.6 Å². The molecule has 1 unspecified atom stereocenters. The average molecular weight is 1260 g/mol. The summed E-state index contributed by atoms with van der Waals surface area (Å²) in [4.78, 5) is 94.3. The molecule has 2 aliphatic rings. The van der Waals surface area contributed by atoms with Crippen molar-refractivity contribution in [3.63, 3.8) is 0 Å². The lowest BCUT2D eigenvalue weighted by Crippen LogP contribution is -2.72. The predicted molar refractivity (Wildman–Crippen MR) is 337 cm³/mol. The lowest BCUT2D eigenvalue weighted by atomic mass is 9.79. The fourth-order valence-electron chi connectivity index (χ4n) is 13.5. The predicted octanol–water partition coefficient (Wildman–Crippen LogP) is 9.24. The number of nitrogens with one attached hydrogen (secondary N) is 2. The average Bonchev–Trinajstić information content (AvgIpc) is 0.809. The van der Waals surface area contributed by atoms with Gasteiger partial charge in [-0.1, -0.05) is 141 Å². The van der Waals surface area contributed by atoms with E-state index in [4.69, 9.17) is 37.9 Å². The van der Waals surface area contributed by atoms with Crippen molar-refractivity contribution >= 4 is 37.8 Å². The molecular formula is C67H95N4O17Si. The second kappa shape index (κ2) is 32.9. The van der Waals surface area contributed by atoms with Gasteiger partial charge in [0.1, 0.15) is 34.8 Å². The minimum atomic E-state index is -3.00. The maximum absolute atomic E-state index is 15.0. The van der Waals surface area contributed by atoms with Crippen LogP contribution in [0, 0.1) is 13.3 Å². The summed E-state index contributed by atoms with van der Waals surface area (Å²) in [6.07, 6.45) is 4.04. The van der Waals surface area contributed by atoms with Crippen LogP contribution in [0.5, 0.6) is 11.5 Å². The van der Waals surface area contributed by atoms with Crippen molar-refractivity contribution in [1.82, 2.24) is 19.8 Å². The number of methoxy groups -OCH3 is 2. The Morgan fingerprint density at radius 2 is 1.27 bits per heavy atom. The van der Waals surface area contributed by atoms with Gasteiger partial charge in [0.05, 0.1) is 54.1 Å². The van der Waals surface area contributed by atoms with E-state index in [9.17, 15) is 39.0 Å². The number of carboxylic acid groups (broad SMARTS) is 1. The molecule has 2 saturated heterocycles. The molecular weight excluding hydrogens is 1160 g/mol. The minimum absolute atomic E-state index is 0.0183. The zero-order valence-corrected chi connectivity index (χ0v) is 55.0. The molecule has 8 atom stereocenters. The van der Waals surface area contributed by atoms with Crippen molar-refractivity contribution in [2.24, 2.45) is 0 Å². The Morgan fingerprint density at radius 1 is 0.753 bits per heavy atom. The Labute approximate surface area is 524 Å². The van der Waals surface area contributed by atoms with Crippen LogP contribution in [0.25, 0.3) is 0 Å². The molecule has 0 spiro atoms. The molecule has 4 aromatic rings. The molecule has 0 aliphatic carbocycles. The number of ether oxygens (including phenoxy) is 8. The number of aryl methyl sites for hydroxylation is 1. The van der Waals surface area contributed by atoms with E-state index < -0.39 is 103 Å². The molecule has 89 heavy (non-hydrogen) atoms. The van der Waals surface area contributed by atoms with Gasteiger partial charge < -0.3 is 58.3 Å². The molecule has 2 aliphatic heterocycles. The number of rotatable bonds is 33. The number of aromatic amines is 1. The first-order valence-corrected chi connectivity index (χ1v) is 33.5. The highest BCUT2D eigenvalue weighted by Crippen LogP contribution is 2.51. The van der Waals surface area contributed by atoms with Crippen LogP contribution in [0.4, 0.5) is 0 Å². The first kappa shape index (κ1) is 71.4. The second-order valence-corrected chi connectivity index (χ2v) is 30.5. The lowest BCUT2D eigenvalue weighted by Gasteiger charge is -2.57. The molecule has 21 nitrogen and oxygen atoms in total. The van der Waals surface area contributed by atoms with Crippen LogP contribution in [-0.4, -0.2) is 145 Å². The van der Waals surface area contributed by atoms with Gasteiger partial charge in [-0.2, -0.15) is 0 Å². The van der Waals surface area contributed by atoms with Gasteiger partial charge in [0.2, 0.25) is 11.8 Å². The van der Waals surface area contributed by atoms with Crippen molar-refractivity contribution in [1.29, 1.82) is 0 Å². The van der Waals surface area contributed by atoms with Crippen LogP contribution >= 0.6 is 0 Å². The van der Waals surface area contributed by atoms with Crippen LogP contribution in [0.2, 0.25) is 16.6 Å². The first-order valence-electron chi connectivity index (χ1n) is 31.2. The van der Waals surface area contributed by atoms with Gasteiger partial charge in [-0.05, 0) is 77.3 Å². The molecule has 3 aromatic carbocycles. The fraction of sp³-hybridized carbons (Fsp3) is 0.582. The second-order valence-electron chi connectivity index (χ2n) is 24.5. The van der Waals surface area contributed by atoms with E-state index in [1.165, 1.54) is 31.0 Å². The molecule has 1 radical (unpaired) electrons. The van der Waals surface area contributed by atoms with Crippen molar-refractivity contribution in [3.05, 3.63) is 135 Å². The summed E-state index contributed by atoms with van der Waals surface area (Å²) >= 11 is 0. The first-order chi connectivity index (χ1) is 42.3. The zero-order valence-electron chi connectivity index (χ0n) is 54.0. The molecule has 2 amide bonds. The number of benzene rings is 3. The topological polar surface area (TPSA) is 270 Å². The summed E-state index contributed by atoms with van der Waals surface area (Å²) < 4.78 is 50.9. The molecule has 22 heteroatoms. The van der Waals surface area contributed by atoms with Crippen LogP contribution in [-0.2, 0) is 58.0 Å². The van der Waals surface area contributed by atoms with E-state index in [0.29, 0.717) is 24.3 Å². The number of aliphatic hydroxyl groups is 1. The molecule has 2 fully saturated rings. The summed E-state index contributed by atoms with van der Waals surface area (Å²) in [7, 11) is 0.211. The van der Waals surface area contributed by atoms with Crippen molar-refractivity contribution in [2.45, 2.75) is 210 Å². The number of aliphatic carboxylic acids is 1. The summed E-state index contributed by atoms with van der Waals surface area (Å²) in [5.41, 5.74) is -2.81. The number of carboxylic acids is 1. The van der Waals surface area contributed by atoms with E-state index in [2.05, 4.69) is 51.8 Å². The summed E-state index contributed by atoms with van der Waals surface area (Å²) in [5.74, 6) is -1.94. The van der Waals surface area contributed by atoms with Crippen molar-refractivity contribution < 1.29 is 72.1 Å². The monoisotopic (exact) mass is 1260 g/mol. The normalized spacial score (nSPS) is 20.9. The molecule has 3 heterocycles. The van der Waals surface area contributed by atoms with Gasteiger partial charge in [-0.15, -0.1) is 0 Å². The number of aliphatic hydroxyl groups excluding tert-OH is 1.